The van der Waals surface area contributed by atoms with Gasteiger partial charge in [0.05, 0.1) is 6.61 Å². The van der Waals surface area contributed by atoms with Gasteiger partial charge in [-0.25, -0.2) is 4.79 Å². The minimum absolute atomic E-state index is 0.103. The van der Waals surface area contributed by atoms with Gasteiger partial charge in [-0.05, 0) is 19.3 Å². The number of unbranched alkanes of at least 4 members (excludes halogenated alkanes) is 10. The van der Waals surface area contributed by atoms with Crippen LogP contribution in [0.2, 0.25) is 0 Å². The van der Waals surface area contributed by atoms with Crippen molar-refractivity contribution in [3.05, 3.63) is 0 Å². The van der Waals surface area contributed by atoms with E-state index in [4.69, 9.17) is 4.74 Å². The molecule has 0 saturated heterocycles. The zero-order valence-corrected chi connectivity index (χ0v) is 16.1. The molecule has 3 nitrogen and oxygen atoms in total. The SMILES string of the molecule is CCCCCCCCN(CCCCCCCC)C(=O)OCCC. The molecular formula is C20H41NO2. The second-order valence-electron chi connectivity index (χ2n) is 6.64. The molecule has 23 heavy (non-hydrogen) atoms. The zero-order chi connectivity index (χ0) is 17.2. The third-order valence-electron chi connectivity index (χ3n) is 4.25. The molecule has 0 aromatic rings. The number of nitrogens with zero attached hydrogens (tertiary/aromatic N) is 1. The fourth-order valence-electron chi connectivity index (χ4n) is 2.74. The van der Waals surface area contributed by atoms with E-state index in [9.17, 15) is 4.79 Å². The van der Waals surface area contributed by atoms with Gasteiger partial charge in [-0.2, -0.15) is 0 Å². The largest absolute Gasteiger partial charge is 0.449 e. The molecule has 0 radical (unpaired) electrons. The van der Waals surface area contributed by atoms with Crippen molar-refractivity contribution < 1.29 is 9.53 Å². The maximum atomic E-state index is 12.1. The standard InChI is InChI=1S/C20H41NO2/c1-4-7-9-11-13-15-17-21(20(22)23-19-6-3)18-16-14-12-10-8-5-2/h4-19H2,1-3H3. The van der Waals surface area contributed by atoms with Crippen LogP contribution < -0.4 is 0 Å². The minimum atomic E-state index is -0.103. The molecule has 0 unspecified atom stereocenters. The van der Waals surface area contributed by atoms with Crippen molar-refractivity contribution >= 4 is 6.09 Å². The highest BCUT2D eigenvalue weighted by Gasteiger charge is 2.13. The molecule has 0 aromatic heterocycles. The lowest BCUT2D eigenvalue weighted by molar-refractivity contribution is 0.101. The molecule has 0 bridgehead atoms. The van der Waals surface area contributed by atoms with Crippen molar-refractivity contribution in [3.8, 4) is 0 Å². The summed E-state index contributed by atoms with van der Waals surface area (Å²) >= 11 is 0. The van der Waals surface area contributed by atoms with Gasteiger partial charge in [-0.15, -0.1) is 0 Å². The van der Waals surface area contributed by atoms with Crippen LogP contribution in [-0.2, 0) is 4.74 Å². The van der Waals surface area contributed by atoms with Gasteiger partial charge in [-0.1, -0.05) is 85.0 Å². The van der Waals surface area contributed by atoms with Gasteiger partial charge in [0.2, 0.25) is 0 Å². The summed E-state index contributed by atoms with van der Waals surface area (Å²) in [5.41, 5.74) is 0. The number of hydrogen-bond donors (Lipinski definition) is 0. The number of carbonyl (C=O) groups excluding carboxylic acids is 1. The number of carbonyl (C=O) groups is 1. The summed E-state index contributed by atoms with van der Waals surface area (Å²) in [5, 5.41) is 0. The highest BCUT2D eigenvalue weighted by molar-refractivity contribution is 5.67. The first-order valence-electron chi connectivity index (χ1n) is 10.2. The average Bonchev–Trinajstić information content (AvgIpc) is 2.56. The van der Waals surface area contributed by atoms with E-state index < -0.39 is 0 Å². The summed E-state index contributed by atoms with van der Waals surface area (Å²) < 4.78 is 5.33. The summed E-state index contributed by atoms with van der Waals surface area (Å²) in [4.78, 5) is 14.1. The van der Waals surface area contributed by atoms with E-state index in [0.29, 0.717) is 6.61 Å². The zero-order valence-electron chi connectivity index (χ0n) is 16.1. The second kappa shape index (κ2) is 17.6. The number of amides is 1. The van der Waals surface area contributed by atoms with Crippen molar-refractivity contribution in [2.24, 2.45) is 0 Å². The Balaban J connectivity index is 3.91. The van der Waals surface area contributed by atoms with E-state index in [2.05, 4.69) is 13.8 Å². The van der Waals surface area contributed by atoms with Crippen molar-refractivity contribution in [1.82, 2.24) is 4.90 Å². The monoisotopic (exact) mass is 327 g/mol. The van der Waals surface area contributed by atoms with Crippen molar-refractivity contribution in [3.63, 3.8) is 0 Å². The highest BCUT2D eigenvalue weighted by Crippen LogP contribution is 2.10. The Labute approximate surface area is 145 Å². The molecule has 0 saturated carbocycles. The first kappa shape index (κ1) is 22.3. The van der Waals surface area contributed by atoms with Crippen LogP contribution in [0, 0.1) is 0 Å². The van der Waals surface area contributed by atoms with Crippen LogP contribution >= 0.6 is 0 Å². The van der Waals surface area contributed by atoms with E-state index >= 15 is 0 Å². The number of hydrogen-bond acceptors (Lipinski definition) is 2. The van der Waals surface area contributed by atoms with Crippen molar-refractivity contribution in [1.29, 1.82) is 0 Å². The minimum Gasteiger partial charge on any atom is -0.449 e. The van der Waals surface area contributed by atoms with Gasteiger partial charge in [0, 0.05) is 13.1 Å². The molecule has 0 rings (SSSR count). The lowest BCUT2D eigenvalue weighted by Gasteiger charge is -2.22. The van der Waals surface area contributed by atoms with Gasteiger partial charge in [-0.3, -0.25) is 0 Å². The molecule has 0 spiro atoms. The van der Waals surface area contributed by atoms with Gasteiger partial charge in [0.1, 0.15) is 0 Å². The lowest BCUT2D eigenvalue weighted by Crippen LogP contribution is -2.33. The quantitative estimate of drug-likeness (QED) is 0.301. The smallest absolute Gasteiger partial charge is 0.409 e. The van der Waals surface area contributed by atoms with Crippen LogP contribution in [0.5, 0.6) is 0 Å². The predicted molar refractivity (Wildman–Crippen MR) is 100.0 cm³/mol. The Morgan fingerprint density at radius 1 is 0.652 bits per heavy atom. The predicted octanol–water partition coefficient (Wildman–Crippen LogP) is 6.56. The lowest BCUT2D eigenvalue weighted by atomic mass is 10.1. The number of rotatable bonds is 16. The maximum absolute atomic E-state index is 12.1. The van der Waals surface area contributed by atoms with E-state index in [1.165, 1.54) is 64.2 Å². The van der Waals surface area contributed by atoms with Gasteiger partial charge in [0.15, 0.2) is 0 Å². The molecule has 0 aromatic carbocycles. The Bertz CT molecular complexity index is 240. The van der Waals surface area contributed by atoms with Crippen LogP contribution in [0.1, 0.15) is 104 Å². The summed E-state index contributed by atoms with van der Waals surface area (Å²) in [6.45, 7) is 8.80. The van der Waals surface area contributed by atoms with Crippen molar-refractivity contribution in [2.45, 2.75) is 104 Å². The molecule has 0 heterocycles. The molecule has 0 N–H and O–H groups in total. The van der Waals surface area contributed by atoms with E-state index in [-0.39, 0.29) is 6.09 Å². The Hall–Kier alpha value is -0.730. The highest BCUT2D eigenvalue weighted by atomic mass is 16.6. The molecule has 0 aliphatic heterocycles. The first-order valence-corrected chi connectivity index (χ1v) is 10.2. The van der Waals surface area contributed by atoms with E-state index in [1.807, 2.05) is 11.8 Å². The van der Waals surface area contributed by atoms with Crippen LogP contribution in [0.25, 0.3) is 0 Å². The Kier molecular flexibility index (Phi) is 17.1. The topological polar surface area (TPSA) is 29.5 Å². The Morgan fingerprint density at radius 2 is 1.09 bits per heavy atom. The fraction of sp³-hybridized carbons (Fsp3) is 0.950. The maximum Gasteiger partial charge on any atom is 0.409 e. The van der Waals surface area contributed by atoms with Crippen LogP contribution in [0.3, 0.4) is 0 Å². The Morgan fingerprint density at radius 3 is 1.52 bits per heavy atom. The van der Waals surface area contributed by atoms with Gasteiger partial charge >= 0.3 is 6.09 Å². The summed E-state index contributed by atoms with van der Waals surface area (Å²) in [7, 11) is 0. The van der Waals surface area contributed by atoms with Crippen molar-refractivity contribution in [2.75, 3.05) is 19.7 Å². The molecule has 0 atom stereocenters. The van der Waals surface area contributed by atoms with Crippen LogP contribution in [0.15, 0.2) is 0 Å². The molecule has 3 heteroatoms. The van der Waals surface area contributed by atoms with Gasteiger partial charge in [0.25, 0.3) is 0 Å². The molecule has 0 fully saturated rings. The second-order valence-corrected chi connectivity index (χ2v) is 6.64. The fourth-order valence-corrected chi connectivity index (χ4v) is 2.74. The third-order valence-corrected chi connectivity index (χ3v) is 4.25. The van der Waals surface area contributed by atoms with Gasteiger partial charge < -0.3 is 9.64 Å². The van der Waals surface area contributed by atoms with E-state index in [1.54, 1.807) is 0 Å². The van der Waals surface area contributed by atoms with Crippen LogP contribution in [0.4, 0.5) is 4.79 Å². The normalized spacial score (nSPS) is 10.7. The van der Waals surface area contributed by atoms with Crippen LogP contribution in [-0.4, -0.2) is 30.7 Å². The molecular weight excluding hydrogens is 286 g/mol. The average molecular weight is 328 g/mol. The van der Waals surface area contributed by atoms with E-state index in [0.717, 1.165) is 32.4 Å². The molecule has 0 aliphatic rings. The molecule has 1 amide bonds. The summed E-state index contributed by atoms with van der Waals surface area (Å²) in [6, 6.07) is 0. The summed E-state index contributed by atoms with van der Waals surface area (Å²) in [6.07, 6.45) is 16.0. The third kappa shape index (κ3) is 14.6. The summed E-state index contributed by atoms with van der Waals surface area (Å²) in [5.74, 6) is 0. The first-order chi connectivity index (χ1) is 11.3. The molecule has 138 valence electrons. The number of ether oxygens (including phenoxy) is 1. The molecule has 0 aliphatic carbocycles.